The van der Waals surface area contributed by atoms with Crippen molar-refractivity contribution in [1.29, 1.82) is 0 Å². The molecule has 1 aliphatic rings. The van der Waals surface area contributed by atoms with Gasteiger partial charge in [-0.05, 0) is 24.4 Å². The summed E-state index contributed by atoms with van der Waals surface area (Å²) in [7, 11) is 0. The van der Waals surface area contributed by atoms with E-state index < -0.39 is 0 Å². The highest BCUT2D eigenvalue weighted by atomic mass is 32.1. The van der Waals surface area contributed by atoms with Crippen LogP contribution in [0.25, 0.3) is 0 Å². The molecule has 2 atom stereocenters. The first-order valence-electron chi connectivity index (χ1n) is 6.33. The van der Waals surface area contributed by atoms with Crippen molar-refractivity contribution in [3.05, 3.63) is 52.2 Å². The first kappa shape index (κ1) is 11.8. The predicted octanol–water partition coefficient (Wildman–Crippen LogP) is 3.57. The van der Waals surface area contributed by atoms with Gasteiger partial charge in [0.15, 0.2) is 0 Å². The average molecular weight is 259 g/mol. The summed E-state index contributed by atoms with van der Waals surface area (Å²) in [5.74, 6) is 1.52. The molecule has 2 unspecified atom stereocenters. The van der Waals surface area contributed by atoms with Crippen molar-refractivity contribution >= 4 is 11.3 Å². The number of rotatable bonds is 4. The zero-order valence-corrected chi connectivity index (χ0v) is 11.2. The summed E-state index contributed by atoms with van der Waals surface area (Å²) in [4.78, 5) is 1.39. The minimum atomic E-state index is 0.415. The zero-order valence-electron chi connectivity index (χ0n) is 10.4. The summed E-state index contributed by atoms with van der Waals surface area (Å²) >= 11 is 1.81. The van der Waals surface area contributed by atoms with E-state index in [4.69, 9.17) is 4.74 Å². The van der Waals surface area contributed by atoms with E-state index in [1.54, 1.807) is 11.3 Å². The van der Waals surface area contributed by atoms with Gasteiger partial charge >= 0.3 is 0 Å². The molecule has 0 radical (unpaired) electrons. The van der Waals surface area contributed by atoms with E-state index in [1.807, 2.05) is 6.07 Å². The van der Waals surface area contributed by atoms with Crippen LogP contribution in [0.15, 0.2) is 41.8 Å². The van der Waals surface area contributed by atoms with Crippen LogP contribution >= 0.6 is 11.3 Å². The van der Waals surface area contributed by atoms with E-state index in [1.165, 1.54) is 10.4 Å². The number of nitrogens with one attached hydrogen (secondary N) is 1. The number of benzene rings is 1. The van der Waals surface area contributed by atoms with E-state index in [-0.39, 0.29) is 0 Å². The lowest BCUT2D eigenvalue weighted by Gasteiger charge is -2.15. The Labute approximate surface area is 112 Å². The second-order valence-corrected chi connectivity index (χ2v) is 5.67. The normalized spacial score (nSPS) is 19.3. The maximum atomic E-state index is 5.70. The van der Waals surface area contributed by atoms with E-state index >= 15 is 0 Å². The second kappa shape index (κ2) is 5.12. The number of ether oxygens (including phenoxy) is 1. The van der Waals surface area contributed by atoms with Gasteiger partial charge in [0, 0.05) is 28.9 Å². The van der Waals surface area contributed by atoms with Crippen molar-refractivity contribution in [2.24, 2.45) is 0 Å². The van der Waals surface area contributed by atoms with Crippen LogP contribution in [0.2, 0.25) is 0 Å². The van der Waals surface area contributed by atoms with Gasteiger partial charge in [-0.3, -0.25) is 0 Å². The van der Waals surface area contributed by atoms with Crippen molar-refractivity contribution in [2.75, 3.05) is 13.2 Å². The van der Waals surface area contributed by atoms with Crippen LogP contribution in [-0.2, 0) is 0 Å². The van der Waals surface area contributed by atoms with Gasteiger partial charge in [-0.1, -0.05) is 24.3 Å². The Morgan fingerprint density at radius 1 is 1.33 bits per heavy atom. The van der Waals surface area contributed by atoms with Gasteiger partial charge in [0.05, 0.1) is 6.61 Å². The Bertz CT molecular complexity index is 509. The maximum absolute atomic E-state index is 5.70. The second-order valence-electron chi connectivity index (χ2n) is 4.69. The molecule has 94 valence electrons. The van der Waals surface area contributed by atoms with Crippen LogP contribution in [0.5, 0.6) is 5.75 Å². The lowest BCUT2D eigenvalue weighted by molar-refractivity contribution is 0.323. The summed E-state index contributed by atoms with van der Waals surface area (Å²) in [5.41, 5.74) is 1.34. The van der Waals surface area contributed by atoms with E-state index in [0.717, 1.165) is 18.9 Å². The van der Waals surface area contributed by atoms with Crippen molar-refractivity contribution in [3.63, 3.8) is 0 Å². The average Bonchev–Trinajstić information content (AvgIpc) is 3.06. The van der Waals surface area contributed by atoms with Crippen molar-refractivity contribution < 1.29 is 4.74 Å². The molecule has 0 fully saturated rings. The monoisotopic (exact) mass is 259 g/mol. The highest BCUT2D eigenvalue weighted by Crippen LogP contribution is 2.33. The fourth-order valence-electron chi connectivity index (χ4n) is 2.36. The highest BCUT2D eigenvalue weighted by molar-refractivity contribution is 7.10. The molecule has 1 aromatic heterocycles. The summed E-state index contributed by atoms with van der Waals surface area (Å²) in [6.07, 6.45) is 0. The molecule has 3 rings (SSSR count). The van der Waals surface area contributed by atoms with Crippen molar-refractivity contribution in [1.82, 2.24) is 5.32 Å². The topological polar surface area (TPSA) is 21.3 Å². The van der Waals surface area contributed by atoms with Gasteiger partial charge < -0.3 is 10.1 Å². The summed E-state index contributed by atoms with van der Waals surface area (Å²) in [6, 6.07) is 13.0. The molecule has 1 aromatic carbocycles. The Balaban J connectivity index is 1.62. The Hall–Kier alpha value is -1.32. The number of thiophene rings is 1. The van der Waals surface area contributed by atoms with Crippen LogP contribution in [0, 0.1) is 0 Å². The molecule has 1 aliphatic heterocycles. The molecule has 0 spiro atoms. The third-order valence-corrected chi connectivity index (χ3v) is 4.49. The number of hydrogen-bond acceptors (Lipinski definition) is 3. The highest BCUT2D eigenvalue weighted by Gasteiger charge is 2.23. The van der Waals surface area contributed by atoms with Gasteiger partial charge in [-0.25, -0.2) is 0 Å². The standard InChI is InChI=1S/C15H17NOS/c1-11(15-7-4-8-18-15)16-9-12-10-17-14-6-3-2-5-13(12)14/h2-8,11-12,16H,9-10H2,1H3. The number of fused-ring (bicyclic) bond motifs is 1. The first-order valence-corrected chi connectivity index (χ1v) is 7.21. The van der Waals surface area contributed by atoms with E-state index in [9.17, 15) is 0 Å². The smallest absolute Gasteiger partial charge is 0.122 e. The minimum absolute atomic E-state index is 0.415. The molecule has 2 nitrogen and oxygen atoms in total. The quantitative estimate of drug-likeness (QED) is 0.906. The summed E-state index contributed by atoms with van der Waals surface area (Å²) in [6.45, 7) is 3.98. The van der Waals surface area contributed by atoms with Crippen LogP contribution in [0.4, 0.5) is 0 Å². The molecular formula is C15H17NOS. The maximum Gasteiger partial charge on any atom is 0.122 e. The van der Waals surface area contributed by atoms with Crippen LogP contribution in [-0.4, -0.2) is 13.2 Å². The van der Waals surface area contributed by atoms with Crippen LogP contribution < -0.4 is 10.1 Å². The SMILES string of the molecule is CC(NCC1COc2ccccc21)c1cccs1. The first-order chi connectivity index (χ1) is 8.84. The molecule has 0 bridgehead atoms. The molecule has 0 amide bonds. The molecule has 18 heavy (non-hydrogen) atoms. The van der Waals surface area contributed by atoms with Crippen LogP contribution in [0.3, 0.4) is 0 Å². The Morgan fingerprint density at radius 2 is 2.22 bits per heavy atom. The minimum Gasteiger partial charge on any atom is -0.493 e. The summed E-state index contributed by atoms with van der Waals surface area (Å²) in [5, 5.41) is 5.72. The lowest BCUT2D eigenvalue weighted by Crippen LogP contribution is -2.24. The van der Waals surface area contributed by atoms with Gasteiger partial charge in [-0.2, -0.15) is 0 Å². The van der Waals surface area contributed by atoms with E-state index in [2.05, 4.69) is 48.0 Å². The van der Waals surface area contributed by atoms with Crippen molar-refractivity contribution in [3.8, 4) is 5.75 Å². The fourth-order valence-corrected chi connectivity index (χ4v) is 3.11. The Kier molecular flexibility index (Phi) is 3.35. The van der Waals surface area contributed by atoms with Gasteiger partial charge in [-0.15, -0.1) is 11.3 Å². The van der Waals surface area contributed by atoms with Gasteiger partial charge in [0.25, 0.3) is 0 Å². The Morgan fingerprint density at radius 3 is 3.06 bits per heavy atom. The lowest BCUT2D eigenvalue weighted by atomic mass is 10.0. The number of hydrogen-bond donors (Lipinski definition) is 1. The number of para-hydroxylation sites is 1. The molecule has 1 N–H and O–H groups in total. The molecular weight excluding hydrogens is 242 g/mol. The van der Waals surface area contributed by atoms with E-state index in [0.29, 0.717) is 12.0 Å². The van der Waals surface area contributed by atoms with Gasteiger partial charge in [0.1, 0.15) is 5.75 Å². The predicted molar refractivity (Wildman–Crippen MR) is 75.4 cm³/mol. The summed E-state index contributed by atoms with van der Waals surface area (Å²) < 4.78 is 5.70. The molecule has 3 heteroatoms. The fraction of sp³-hybridized carbons (Fsp3) is 0.333. The molecule has 0 saturated heterocycles. The molecule has 0 aliphatic carbocycles. The largest absolute Gasteiger partial charge is 0.493 e. The molecule has 0 saturated carbocycles. The van der Waals surface area contributed by atoms with Crippen molar-refractivity contribution in [2.45, 2.75) is 18.9 Å². The van der Waals surface area contributed by atoms with Crippen LogP contribution in [0.1, 0.15) is 29.3 Å². The molecule has 2 heterocycles. The third kappa shape index (κ3) is 2.28. The van der Waals surface area contributed by atoms with Gasteiger partial charge in [0.2, 0.25) is 0 Å². The molecule has 2 aromatic rings. The zero-order chi connectivity index (χ0) is 12.4. The third-order valence-electron chi connectivity index (χ3n) is 3.44.